The molecule has 0 aliphatic heterocycles. The maximum absolute atomic E-state index is 13.2. The van der Waals surface area contributed by atoms with E-state index in [1.807, 2.05) is 67.6 Å². The van der Waals surface area contributed by atoms with Gasteiger partial charge in [-0.1, -0.05) is 66.7 Å². The third kappa shape index (κ3) is 5.02. The van der Waals surface area contributed by atoms with Crippen molar-refractivity contribution in [1.29, 1.82) is 0 Å². The number of nitrogens with zero attached hydrogens (tertiary/aromatic N) is 1. The van der Waals surface area contributed by atoms with Crippen molar-refractivity contribution >= 4 is 17.5 Å². The van der Waals surface area contributed by atoms with E-state index in [0.717, 1.165) is 24.0 Å². The summed E-state index contributed by atoms with van der Waals surface area (Å²) in [5.74, 6) is -1.15. The Balaban J connectivity index is 1.50. The largest absolute Gasteiger partial charge is 0.341 e. The summed E-state index contributed by atoms with van der Waals surface area (Å²) in [6, 6.07) is 25.2. The first-order chi connectivity index (χ1) is 15.1. The van der Waals surface area contributed by atoms with Crippen molar-refractivity contribution in [3.63, 3.8) is 0 Å². The van der Waals surface area contributed by atoms with Gasteiger partial charge in [0.05, 0.1) is 12.6 Å². The number of para-hydroxylation sites is 1. The molecule has 0 saturated heterocycles. The smallest absolute Gasteiger partial charge is 0.316 e. The molecule has 0 fully saturated rings. The second kappa shape index (κ2) is 9.61. The molecule has 0 spiro atoms. The third-order valence-electron chi connectivity index (χ3n) is 5.91. The van der Waals surface area contributed by atoms with Gasteiger partial charge in [-0.3, -0.25) is 14.5 Å². The molecule has 0 radical (unpaired) electrons. The number of carbonyl (C=O) groups is 2. The first-order valence-electron chi connectivity index (χ1n) is 10.9. The maximum Gasteiger partial charge on any atom is 0.316 e. The maximum atomic E-state index is 13.2. The summed E-state index contributed by atoms with van der Waals surface area (Å²) in [5.41, 5.74) is 5.48. The lowest BCUT2D eigenvalue weighted by Gasteiger charge is -2.24. The van der Waals surface area contributed by atoms with Gasteiger partial charge in [0.2, 0.25) is 0 Å². The average Bonchev–Trinajstić information content (AvgIpc) is 2.83. The molecule has 0 saturated carbocycles. The van der Waals surface area contributed by atoms with Crippen molar-refractivity contribution in [3.05, 3.63) is 101 Å². The third-order valence-corrected chi connectivity index (χ3v) is 5.91. The van der Waals surface area contributed by atoms with Crippen LogP contribution in [0.3, 0.4) is 0 Å². The second-order valence-electron chi connectivity index (χ2n) is 8.14. The Morgan fingerprint density at radius 3 is 2.23 bits per heavy atom. The molecular formula is C27H28N2O2. The Morgan fingerprint density at radius 1 is 0.871 bits per heavy atom. The predicted molar refractivity (Wildman–Crippen MR) is 124 cm³/mol. The summed E-state index contributed by atoms with van der Waals surface area (Å²) in [5, 5.41) is 2.91. The van der Waals surface area contributed by atoms with E-state index in [0.29, 0.717) is 12.2 Å². The van der Waals surface area contributed by atoms with Gasteiger partial charge in [-0.15, -0.1) is 0 Å². The van der Waals surface area contributed by atoms with Crippen LogP contribution in [-0.4, -0.2) is 11.8 Å². The van der Waals surface area contributed by atoms with Gasteiger partial charge in [0.25, 0.3) is 0 Å². The number of hydrogen-bond donors (Lipinski definition) is 1. The highest BCUT2D eigenvalue weighted by atomic mass is 16.2. The van der Waals surface area contributed by atoms with Crippen LogP contribution in [0, 0.1) is 0 Å². The molecule has 158 valence electrons. The molecule has 0 aromatic heterocycles. The van der Waals surface area contributed by atoms with Crippen LogP contribution in [0.5, 0.6) is 0 Å². The lowest BCUT2D eigenvalue weighted by Crippen LogP contribution is -2.43. The number of nitrogens with one attached hydrogen (secondary N) is 1. The number of carbonyl (C=O) groups excluding carboxylic acids is 2. The molecule has 4 nitrogen and oxygen atoms in total. The van der Waals surface area contributed by atoms with E-state index in [-0.39, 0.29) is 6.04 Å². The molecule has 3 aromatic carbocycles. The van der Waals surface area contributed by atoms with Crippen molar-refractivity contribution in [1.82, 2.24) is 5.32 Å². The van der Waals surface area contributed by atoms with Crippen molar-refractivity contribution in [2.45, 2.75) is 45.2 Å². The van der Waals surface area contributed by atoms with Crippen LogP contribution < -0.4 is 10.2 Å². The lowest BCUT2D eigenvalue weighted by molar-refractivity contribution is -0.138. The predicted octanol–water partition coefficient (Wildman–Crippen LogP) is 4.98. The first-order valence-corrected chi connectivity index (χ1v) is 10.9. The summed E-state index contributed by atoms with van der Waals surface area (Å²) >= 11 is 0. The van der Waals surface area contributed by atoms with Gasteiger partial charge in [-0.25, -0.2) is 0 Å². The highest BCUT2D eigenvalue weighted by molar-refractivity contribution is 6.40. The Labute approximate surface area is 183 Å². The molecule has 4 heteroatoms. The Morgan fingerprint density at radius 2 is 1.52 bits per heavy atom. The van der Waals surface area contributed by atoms with Gasteiger partial charge in [-0.2, -0.15) is 0 Å². The fourth-order valence-corrected chi connectivity index (χ4v) is 4.14. The fourth-order valence-electron chi connectivity index (χ4n) is 4.14. The Hall–Kier alpha value is -3.40. The molecular weight excluding hydrogens is 384 g/mol. The van der Waals surface area contributed by atoms with Crippen molar-refractivity contribution in [3.8, 4) is 0 Å². The SMILES string of the molecule is CC(NC(=O)C(=O)N(Cc1ccccc1)c1ccccc1)c1ccc2c(c1)CCCC2. The van der Waals surface area contributed by atoms with E-state index in [1.54, 1.807) is 0 Å². The number of anilines is 1. The van der Waals surface area contributed by atoms with E-state index in [2.05, 4.69) is 23.5 Å². The van der Waals surface area contributed by atoms with Crippen LogP contribution in [0.1, 0.15) is 48.1 Å². The van der Waals surface area contributed by atoms with Crippen LogP contribution in [-0.2, 0) is 29.0 Å². The molecule has 0 heterocycles. The topological polar surface area (TPSA) is 49.4 Å². The number of rotatable bonds is 5. The van der Waals surface area contributed by atoms with Gasteiger partial charge in [0.1, 0.15) is 0 Å². The van der Waals surface area contributed by atoms with Crippen LogP contribution in [0.4, 0.5) is 5.69 Å². The van der Waals surface area contributed by atoms with E-state index in [1.165, 1.54) is 28.9 Å². The molecule has 2 amide bonds. The quantitative estimate of drug-likeness (QED) is 0.601. The average molecular weight is 413 g/mol. The minimum atomic E-state index is -0.593. The van der Waals surface area contributed by atoms with Crippen LogP contribution in [0.15, 0.2) is 78.9 Å². The molecule has 1 atom stereocenters. The van der Waals surface area contributed by atoms with Crippen molar-refractivity contribution in [2.24, 2.45) is 0 Å². The van der Waals surface area contributed by atoms with E-state index in [9.17, 15) is 9.59 Å². The molecule has 31 heavy (non-hydrogen) atoms. The molecule has 1 aliphatic rings. The summed E-state index contributed by atoms with van der Waals surface area (Å²) in [4.78, 5) is 27.6. The standard InChI is InChI=1S/C27H28N2O2/c1-20(23-17-16-22-12-8-9-13-24(22)18-23)28-26(30)27(31)29(25-14-6-3-7-15-25)19-21-10-4-2-5-11-21/h2-7,10-11,14-18,20H,8-9,12-13,19H2,1H3,(H,28,30). The fraction of sp³-hybridized carbons (Fsp3) is 0.259. The molecule has 3 aromatic rings. The summed E-state index contributed by atoms with van der Waals surface area (Å²) in [6.07, 6.45) is 4.66. The normalized spacial score (nSPS) is 13.7. The molecule has 1 unspecified atom stereocenters. The van der Waals surface area contributed by atoms with Gasteiger partial charge < -0.3 is 5.32 Å². The molecule has 1 aliphatic carbocycles. The van der Waals surface area contributed by atoms with Crippen LogP contribution in [0.2, 0.25) is 0 Å². The number of benzene rings is 3. The zero-order valence-corrected chi connectivity index (χ0v) is 17.9. The van der Waals surface area contributed by atoms with Gasteiger partial charge >= 0.3 is 11.8 Å². The molecule has 4 rings (SSSR count). The van der Waals surface area contributed by atoms with Gasteiger partial charge in [0, 0.05) is 5.69 Å². The zero-order chi connectivity index (χ0) is 21.6. The van der Waals surface area contributed by atoms with E-state index in [4.69, 9.17) is 0 Å². The lowest BCUT2D eigenvalue weighted by atomic mass is 9.89. The van der Waals surface area contributed by atoms with Gasteiger partial charge in [-0.05, 0) is 67.0 Å². The second-order valence-corrected chi connectivity index (χ2v) is 8.14. The minimum absolute atomic E-state index is 0.238. The van der Waals surface area contributed by atoms with Gasteiger partial charge in [0.15, 0.2) is 0 Å². The Bertz CT molecular complexity index is 1050. The van der Waals surface area contributed by atoms with Crippen molar-refractivity contribution < 1.29 is 9.59 Å². The van der Waals surface area contributed by atoms with Crippen LogP contribution >= 0.6 is 0 Å². The Kier molecular flexibility index (Phi) is 6.46. The minimum Gasteiger partial charge on any atom is -0.341 e. The van der Waals surface area contributed by atoms with Crippen LogP contribution in [0.25, 0.3) is 0 Å². The first kappa shape index (κ1) is 20.9. The van der Waals surface area contributed by atoms with Crippen molar-refractivity contribution in [2.75, 3.05) is 4.90 Å². The zero-order valence-electron chi connectivity index (χ0n) is 17.9. The number of aryl methyl sites for hydroxylation is 2. The number of amides is 2. The number of hydrogen-bond acceptors (Lipinski definition) is 2. The number of fused-ring (bicyclic) bond motifs is 1. The molecule has 1 N–H and O–H groups in total. The summed E-state index contributed by atoms with van der Waals surface area (Å²) < 4.78 is 0. The summed E-state index contributed by atoms with van der Waals surface area (Å²) in [7, 11) is 0. The highest BCUT2D eigenvalue weighted by Gasteiger charge is 2.25. The van der Waals surface area contributed by atoms with E-state index >= 15 is 0 Å². The van der Waals surface area contributed by atoms with E-state index < -0.39 is 11.8 Å². The highest BCUT2D eigenvalue weighted by Crippen LogP contribution is 2.25. The monoisotopic (exact) mass is 412 g/mol. The summed E-state index contributed by atoms with van der Waals surface area (Å²) in [6.45, 7) is 2.27. The molecule has 0 bridgehead atoms.